The molecule has 3 rings (SSSR count). The van der Waals surface area contributed by atoms with Crippen LogP contribution in [0.25, 0.3) is 10.9 Å². The van der Waals surface area contributed by atoms with Gasteiger partial charge in [-0.1, -0.05) is 18.2 Å². The van der Waals surface area contributed by atoms with Crippen molar-refractivity contribution in [1.29, 1.82) is 0 Å². The smallest absolute Gasteiger partial charge is 0.0854 e. The number of pyridine rings is 1. The lowest BCUT2D eigenvalue weighted by molar-refractivity contribution is 0.240. The Labute approximate surface area is 118 Å². The molecule has 1 unspecified atom stereocenters. The minimum atomic E-state index is -0.0601. The molecule has 4 nitrogen and oxygen atoms in total. The average molecular weight is 272 g/mol. The van der Waals surface area contributed by atoms with Crippen LogP contribution >= 0.6 is 0 Å². The third kappa shape index (κ3) is 2.37. The molecule has 0 bridgehead atoms. The molecule has 1 aromatic heterocycles. The molecular formula is C16H20N2O2. The van der Waals surface area contributed by atoms with Crippen molar-refractivity contribution in [2.45, 2.75) is 31.9 Å². The van der Waals surface area contributed by atoms with Crippen LogP contribution in [0.2, 0.25) is 0 Å². The van der Waals surface area contributed by atoms with Crippen LogP contribution in [0, 0.1) is 0 Å². The number of anilines is 1. The van der Waals surface area contributed by atoms with E-state index >= 15 is 0 Å². The zero-order valence-electron chi connectivity index (χ0n) is 11.5. The van der Waals surface area contributed by atoms with Crippen LogP contribution in [0.5, 0.6) is 0 Å². The van der Waals surface area contributed by atoms with Crippen LogP contribution < -0.4 is 4.90 Å². The molecule has 2 aromatic rings. The zero-order valence-corrected chi connectivity index (χ0v) is 11.5. The van der Waals surface area contributed by atoms with Crippen molar-refractivity contribution in [3.8, 4) is 0 Å². The first-order chi connectivity index (χ1) is 9.83. The molecule has 1 aliphatic heterocycles. The van der Waals surface area contributed by atoms with E-state index in [0.29, 0.717) is 5.69 Å². The van der Waals surface area contributed by atoms with Crippen molar-refractivity contribution in [3.05, 3.63) is 36.0 Å². The summed E-state index contributed by atoms with van der Waals surface area (Å²) < 4.78 is 0. The molecule has 1 fully saturated rings. The predicted octanol–water partition coefficient (Wildman–Crippen LogP) is 2.08. The highest BCUT2D eigenvalue weighted by Crippen LogP contribution is 2.31. The number of aromatic nitrogens is 1. The van der Waals surface area contributed by atoms with Gasteiger partial charge < -0.3 is 15.1 Å². The maximum absolute atomic E-state index is 9.61. The van der Waals surface area contributed by atoms with Crippen LogP contribution in [-0.2, 0) is 6.61 Å². The van der Waals surface area contributed by atoms with E-state index < -0.39 is 0 Å². The maximum atomic E-state index is 9.61. The molecular weight excluding hydrogens is 252 g/mol. The number of aliphatic hydroxyl groups excluding tert-OH is 2. The van der Waals surface area contributed by atoms with Crippen LogP contribution in [-0.4, -0.2) is 34.4 Å². The Hall–Kier alpha value is -1.65. The topological polar surface area (TPSA) is 56.6 Å². The molecule has 1 aliphatic rings. The highest BCUT2D eigenvalue weighted by atomic mass is 16.3. The third-order valence-electron chi connectivity index (χ3n) is 4.06. The molecule has 0 saturated carbocycles. The predicted molar refractivity (Wildman–Crippen MR) is 79.7 cm³/mol. The van der Waals surface area contributed by atoms with Gasteiger partial charge >= 0.3 is 0 Å². The number of piperidine rings is 1. The first-order valence-corrected chi connectivity index (χ1v) is 7.20. The Morgan fingerprint density at radius 3 is 2.85 bits per heavy atom. The van der Waals surface area contributed by atoms with Gasteiger partial charge in [0.25, 0.3) is 0 Å². The maximum Gasteiger partial charge on any atom is 0.0854 e. The van der Waals surface area contributed by atoms with Gasteiger partial charge in [0, 0.05) is 17.6 Å². The number of aliphatic hydroxyl groups is 2. The Bertz CT molecular complexity index is 600. The summed E-state index contributed by atoms with van der Waals surface area (Å²) >= 11 is 0. The third-order valence-corrected chi connectivity index (χ3v) is 4.06. The van der Waals surface area contributed by atoms with Crippen molar-refractivity contribution in [2.75, 3.05) is 18.1 Å². The lowest BCUT2D eigenvalue weighted by Gasteiger charge is -2.37. The fraction of sp³-hybridized carbons (Fsp3) is 0.438. The van der Waals surface area contributed by atoms with Gasteiger partial charge in [-0.3, -0.25) is 4.98 Å². The normalized spacial score (nSPS) is 19.5. The molecule has 1 aromatic carbocycles. The quantitative estimate of drug-likeness (QED) is 0.898. The zero-order chi connectivity index (χ0) is 13.9. The van der Waals surface area contributed by atoms with Gasteiger partial charge in [0.2, 0.25) is 0 Å². The lowest BCUT2D eigenvalue weighted by Crippen LogP contribution is -2.42. The second-order valence-electron chi connectivity index (χ2n) is 5.33. The van der Waals surface area contributed by atoms with Gasteiger partial charge in [-0.25, -0.2) is 0 Å². The van der Waals surface area contributed by atoms with E-state index in [4.69, 9.17) is 0 Å². The Morgan fingerprint density at radius 2 is 2.05 bits per heavy atom. The van der Waals surface area contributed by atoms with Gasteiger partial charge in [0.05, 0.1) is 30.5 Å². The van der Waals surface area contributed by atoms with Gasteiger partial charge in [-0.15, -0.1) is 0 Å². The summed E-state index contributed by atoms with van der Waals surface area (Å²) in [5.74, 6) is 0. The SMILES string of the molecule is OCc1cc(N2CCCCC2CO)c2ccccc2n1. The fourth-order valence-electron chi connectivity index (χ4n) is 3.04. The largest absolute Gasteiger partial charge is 0.394 e. The standard InChI is InChI=1S/C16H20N2O2/c19-10-12-9-16(14-6-1-2-7-15(14)17-12)18-8-4-3-5-13(18)11-20/h1-2,6-7,9,13,19-20H,3-5,8,10-11H2. The monoisotopic (exact) mass is 272 g/mol. The summed E-state index contributed by atoms with van der Waals surface area (Å²) in [6, 6.07) is 10.1. The first-order valence-electron chi connectivity index (χ1n) is 7.20. The van der Waals surface area contributed by atoms with Crippen molar-refractivity contribution in [1.82, 2.24) is 4.98 Å². The highest BCUT2D eigenvalue weighted by molar-refractivity contribution is 5.92. The average Bonchev–Trinajstić information content (AvgIpc) is 2.53. The Balaban J connectivity index is 2.13. The van der Waals surface area contributed by atoms with Gasteiger partial charge in [-0.2, -0.15) is 0 Å². The number of hydrogen-bond acceptors (Lipinski definition) is 4. The molecule has 106 valence electrons. The number of nitrogens with zero attached hydrogens (tertiary/aromatic N) is 2. The van der Waals surface area contributed by atoms with Crippen LogP contribution in [0.15, 0.2) is 30.3 Å². The summed E-state index contributed by atoms with van der Waals surface area (Å²) in [6.07, 6.45) is 3.32. The summed E-state index contributed by atoms with van der Waals surface area (Å²) in [7, 11) is 0. The minimum absolute atomic E-state index is 0.0601. The number of benzene rings is 1. The van der Waals surface area contributed by atoms with Gasteiger partial charge in [0.15, 0.2) is 0 Å². The number of fused-ring (bicyclic) bond motifs is 1. The number of rotatable bonds is 3. The van der Waals surface area contributed by atoms with E-state index in [9.17, 15) is 10.2 Å². The molecule has 2 heterocycles. The highest BCUT2D eigenvalue weighted by Gasteiger charge is 2.23. The van der Waals surface area contributed by atoms with Gasteiger partial charge in [-0.05, 0) is 31.4 Å². The number of para-hydroxylation sites is 1. The van der Waals surface area contributed by atoms with Crippen LogP contribution in [0.1, 0.15) is 25.0 Å². The van der Waals surface area contributed by atoms with Crippen LogP contribution in [0.4, 0.5) is 5.69 Å². The first kappa shape index (κ1) is 13.3. The summed E-state index contributed by atoms with van der Waals surface area (Å²) in [5.41, 5.74) is 2.66. The Morgan fingerprint density at radius 1 is 1.20 bits per heavy atom. The van der Waals surface area contributed by atoms with Gasteiger partial charge in [0.1, 0.15) is 0 Å². The summed E-state index contributed by atoms with van der Waals surface area (Å²) in [4.78, 5) is 6.73. The van der Waals surface area contributed by atoms with Crippen molar-refractivity contribution in [3.63, 3.8) is 0 Å². The van der Waals surface area contributed by atoms with Crippen molar-refractivity contribution >= 4 is 16.6 Å². The van der Waals surface area contributed by atoms with E-state index in [0.717, 1.165) is 42.4 Å². The fourth-order valence-corrected chi connectivity index (χ4v) is 3.04. The molecule has 1 atom stereocenters. The molecule has 2 N–H and O–H groups in total. The Kier molecular flexibility index (Phi) is 3.85. The lowest BCUT2D eigenvalue weighted by atomic mass is 10.0. The van der Waals surface area contributed by atoms with E-state index in [1.807, 2.05) is 24.3 Å². The van der Waals surface area contributed by atoms with E-state index in [2.05, 4.69) is 16.0 Å². The summed E-state index contributed by atoms with van der Waals surface area (Å²) in [6.45, 7) is 1.06. The molecule has 0 radical (unpaired) electrons. The molecule has 4 heteroatoms. The molecule has 0 aliphatic carbocycles. The molecule has 20 heavy (non-hydrogen) atoms. The number of hydrogen-bond donors (Lipinski definition) is 2. The summed E-state index contributed by atoms with van der Waals surface area (Å²) in [5, 5.41) is 20.1. The molecule has 1 saturated heterocycles. The molecule has 0 spiro atoms. The van der Waals surface area contributed by atoms with E-state index in [1.165, 1.54) is 0 Å². The van der Waals surface area contributed by atoms with E-state index in [1.54, 1.807) is 0 Å². The second-order valence-corrected chi connectivity index (χ2v) is 5.33. The molecule has 0 amide bonds. The van der Waals surface area contributed by atoms with E-state index in [-0.39, 0.29) is 19.3 Å². The minimum Gasteiger partial charge on any atom is -0.394 e. The second kappa shape index (κ2) is 5.77. The van der Waals surface area contributed by atoms with Crippen molar-refractivity contribution < 1.29 is 10.2 Å². The van der Waals surface area contributed by atoms with Crippen molar-refractivity contribution in [2.24, 2.45) is 0 Å². The van der Waals surface area contributed by atoms with Crippen LogP contribution in [0.3, 0.4) is 0 Å².